The number of hydrogen-bond donors (Lipinski definition) is 2. The summed E-state index contributed by atoms with van der Waals surface area (Å²) in [6.45, 7) is 0.688. The zero-order valence-electron chi connectivity index (χ0n) is 11.0. The molecule has 0 spiro atoms. The minimum Gasteiger partial charge on any atom is -0.345 e. The Bertz CT molecular complexity index is 413. The average molecular weight is 245 g/mol. The first kappa shape index (κ1) is 11.0. The van der Waals surface area contributed by atoms with Crippen LogP contribution in [0.15, 0.2) is 6.20 Å². The van der Waals surface area contributed by atoms with Gasteiger partial charge in [-0.1, -0.05) is 0 Å². The third-order valence-electron chi connectivity index (χ3n) is 5.62. The fraction of sp³-hybridized carbons (Fsp3) is 0.800. The van der Waals surface area contributed by atoms with Crippen LogP contribution in [0.1, 0.15) is 50.0 Å². The van der Waals surface area contributed by atoms with Gasteiger partial charge >= 0.3 is 0 Å². The molecule has 4 saturated carbocycles. The number of aromatic nitrogens is 2. The minimum atomic E-state index is 0.453. The Labute approximate surface area is 109 Å². The molecule has 0 atom stereocenters. The number of rotatable bonds is 3. The lowest BCUT2D eigenvalue weighted by atomic mass is 9.49. The Hall–Kier alpha value is -0.830. The molecule has 0 unspecified atom stereocenters. The molecule has 3 N–H and O–H groups in total. The molecule has 5 rings (SSSR count). The monoisotopic (exact) mass is 245 g/mol. The van der Waals surface area contributed by atoms with E-state index in [9.17, 15) is 0 Å². The molecule has 0 radical (unpaired) electrons. The minimum absolute atomic E-state index is 0.453. The van der Waals surface area contributed by atoms with Crippen LogP contribution in [0.4, 0.5) is 0 Å². The van der Waals surface area contributed by atoms with E-state index in [1.54, 1.807) is 0 Å². The van der Waals surface area contributed by atoms with E-state index in [0.717, 1.165) is 30.0 Å². The van der Waals surface area contributed by atoms with Gasteiger partial charge in [0.15, 0.2) is 0 Å². The fourth-order valence-electron chi connectivity index (χ4n) is 5.34. The van der Waals surface area contributed by atoms with E-state index in [2.05, 4.69) is 16.2 Å². The van der Waals surface area contributed by atoms with Gasteiger partial charge in [0.2, 0.25) is 0 Å². The van der Waals surface area contributed by atoms with E-state index in [-0.39, 0.29) is 0 Å². The lowest BCUT2D eigenvalue weighted by Gasteiger charge is -2.56. The van der Waals surface area contributed by atoms with Crippen molar-refractivity contribution in [3.63, 3.8) is 0 Å². The Morgan fingerprint density at radius 1 is 1.17 bits per heavy atom. The van der Waals surface area contributed by atoms with Gasteiger partial charge in [0.25, 0.3) is 0 Å². The van der Waals surface area contributed by atoms with Crippen molar-refractivity contribution in [1.29, 1.82) is 0 Å². The lowest BCUT2D eigenvalue weighted by Crippen LogP contribution is -2.48. The number of nitrogens with zero attached hydrogens (tertiary/aromatic N) is 1. The molecule has 4 bridgehead atoms. The van der Waals surface area contributed by atoms with Crippen LogP contribution in [0.25, 0.3) is 0 Å². The number of nitrogens with two attached hydrogens (primary N) is 1. The van der Waals surface area contributed by atoms with Crippen molar-refractivity contribution in [3.05, 3.63) is 17.7 Å². The second-order valence-electron chi connectivity index (χ2n) is 6.98. The molecule has 3 nitrogen and oxygen atoms in total. The maximum absolute atomic E-state index is 5.62. The molecule has 4 fully saturated rings. The standard InChI is InChI=1S/C15H23N3/c16-2-1-14-17-9-13(18-14)15-6-10-3-11(7-15)5-12(4-10)8-15/h9-12H,1-8,16H2,(H,17,18). The van der Waals surface area contributed by atoms with Crippen LogP contribution in [0.2, 0.25) is 0 Å². The Balaban J connectivity index is 1.66. The van der Waals surface area contributed by atoms with Gasteiger partial charge in [-0.15, -0.1) is 0 Å². The predicted molar refractivity (Wildman–Crippen MR) is 71.2 cm³/mol. The topological polar surface area (TPSA) is 54.7 Å². The molecule has 0 amide bonds. The number of imidazole rings is 1. The smallest absolute Gasteiger partial charge is 0.107 e. The van der Waals surface area contributed by atoms with Gasteiger partial charge in [-0.05, 0) is 62.8 Å². The van der Waals surface area contributed by atoms with Gasteiger partial charge < -0.3 is 10.7 Å². The summed E-state index contributed by atoms with van der Waals surface area (Å²) in [5, 5.41) is 0. The molecule has 1 aromatic heterocycles. The SMILES string of the molecule is NCCc1ncc(C23CC4CC(CC(C4)C2)C3)[nH]1. The van der Waals surface area contributed by atoms with E-state index in [4.69, 9.17) is 5.73 Å². The second-order valence-corrected chi connectivity index (χ2v) is 6.98. The summed E-state index contributed by atoms with van der Waals surface area (Å²) in [5.41, 5.74) is 7.49. The zero-order chi connectivity index (χ0) is 12.2. The third-order valence-corrected chi connectivity index (χ3v) is 5.62. The van der Waals surface area contributed by atoms with Crippen molar-refractivity contribution in [2.75, 3.05) is 6.54 Å². The van der Waals surface area contributed by atoms with Crippen molar-refractivity contribution >= 4 is 0 Å². The first-order valence-electron chi connectivity index (χ1n) is 7.52. The van der Waals surface area contributed by atoms with E-state index in [1.165, 1.54) is 44.2 Å². The molecule has 0 saturated heterocycles. The Morgan fingerprint density at radius 2 is 1.78 bits per heavy atom. The second kappa shape index (κ2) is 3.83. The predicted octanol–water partition coefficient (Wildman–Crippen LogP) is 2.38. The molecular formula is C15H23N3. The molecule has 98 valence electrons. The van der Waals surface area contributed by atoms with E-state index in [0.29, 0.717) is 12.0 Å². The summed E-state index contributed by atoms with van der Waals surface area (Å²) >= 11 is 0. The number of hydrogen-bond acceptors (Lipinski definition) is 2. The highest BCUT2D eigenvalue weighted by molar-refractivity contribution is 5.22. The summed E-state index contributed by atoms with van der Waals surface area (Å²) in [6.07, 6.45) is 11.7. The van der Waals surface area contributed by atoms with Crippen LogP contribution in [-0.2, 0) is 11.8 Å². The summed E-state index contributed by atoms with van der Waals surface area (Å²) in [7, 11) is 0. The lowest BCUT2D eigenvalue weighted by molar-refractivity contribution is -0.00705. The number of aromatic amines is 1. The van der Waals surface area contributed by atoms with E-state index >= 15 is 0 Å². The van der Waals surface area contributed by atoms with Gasteiger partial charge in [-0.3, -0.25) is 0 Å². The molecule has 1 heterocycles. The summed E-state index contributed by atoms with van der Waals surface area (Å²) in [5.74, 6) is 4.08. The van der Waals surface area contributed by atoms with Crippen LogP contribution in [0, 0.1) is 17.8 Å². The maximum Gasteiger partial charge on any atom is 0.107 e. The van der Waals surface area contributed by atoms with Crippen LogP contribution >= 0.6 is 0 Å². The molecule has 4 aliphatic rings. The normalized spacial score (nSPS) is 41.5. The molecule has 0 aliphatic heterocycles. The summed E-state index contributed by atoms with van der Waals surface area (Å²) in [4.78, 5) is 8.11. The largest absolute Gasteiger partial charge is 0.345 e. The number of H-pyrrole nitrogens is 1. The van der Waals surface area contributed by atoms with Crippen LogP contribution in [0.5, 0.6) is 0 Å². The van der Waals surface area contributed by atoms with Gasteiger partial charge in [0.1, 0.15) is 5.82 Å². The highest BCUT2D eigenvalue weighted by Gasteiger charge is 2.52. The van der Waals surface area contributed by atoms with E-state index < -0.39 is 0 Å². The number of nitrogens with one attached hydrogen (secondary N) is 1. The van der Waals surface area contributed by atoms with Crippen molar-refractivity contribution < 1.29 is 0 Å². The zero-order valence-corrected chi connectivity index (χ0v) is 11.0. The van der Waals surface area contributed by atoms with Crippen molar-refractivity contribution in [2.45, 2.75) is 50.4 Å². The molecule has 3 heteroatoms. The fourth-order valence-corrected chi connectivity index (χ4v) is 5.34. The highest BCUT2D eigenvalue weighted by Crippen LogP contribution is 2.60. The maximum atomic E-state index is 5.62. The Morgan fingerprint density at radius 3 is 2.33 bits per heavy atom. The highest BCUT2D eigenvalue weighted by atomic mass is 14.9. The van der Waals surface area contributed by atoms with Gasteiger partial charge in [0, 0.05) is 23.7 Å². The molecule has 4 aliphatic carbocycles. The van der Waals surface area contributed by atoms with Crippen LogP contribution in [-0.4, -0.2) is 16.5 Å². The quantitative estimate of drug-likeness (QED) is 0.859. The van der Waals surface area contributed by atoms with Gasteiger partial charge in [0.05, 0.1) is 0 Å². The van der Waals surface area contributed by atoms with Crippen molar-refractivity contribution in [2.24, 2.45) is 23.5 Å². The Kier molecular flexibility index (Phi) is 2.35. The summed E-state index contributed by atoms with van der Waals surface area (Å²) in [6, 6.07) is 0. The van der Waals surface area contributed by atoms with Crippen molar-refractivity contribution in [3.8, 4) is 0 Å². The molecule has 18 heavy (non-hydrogen) atoms. The average Bonchev–Trinajstić information content (AvgIpc) is 2.77. The van der Waals surface area contributed by atoms with Gasteiger partial charge in [-0.2, -0.15) is 0 Å². The van der Waals surface area contributed by atoms with Gasteiger partial charge in [-0.25, -0.2) is 4.98 Å². The van der Waals surface area contributed by atoms with E-state index in [1.807, 2.05) is 0 Å². The van der Waals surface area contributed by atoms with Crippen molar-refractivity contribution in [1.82, 2.24) is 9.97 Å². The molecule has 1 aromatic rings. The van der Waals surface area contributed by atoms with Crippen LogP contribution in [0.3, 0.4) is 0 Å². The first-order valence-corrected chi connectivity index (χ1v) is 7.52. The molecular weight excluding hydrogens is 222 g/mol. The summed E-state index contributed by atoms with van der Waals surface area (Å²) < 4.78 is 0. The van der Waals surface area contributed by atoms with Crippen LogP contribution < -0.4 is 5.73 Å². The molecule has 0 aromatic carbocycles. The first-order chi connectivity index (χ1) is 8.77. The third kappa shape index (κ3) is 1.56.